The molecule has 0 aromatic heterocycles. The van der Waals surface area contributed by atoms with Gasteiger partial charge in [0.25, 0.3) is 0 Å². The Morgan fingerprint density at radius 2 is 1.91 bits per heavy atom. The van der Waals surface area contributed by atoms with Gasteiger partial charge in [-0.05, 0) is 31.1 Å². The molecule has 0 amide bonds. The van der Waals surface area contributed by atoms with Crippen LogP contribution in [0, 0.1) is 11.8 Å². The summed E-state index contributed by atoms with van der Waals surface area (Å²) in [6.45, 7) is 4.12. The van der Waals surface area contributed by atoms with Crippen molar-refractivity contribution in [1.82, 2.24) is 0 Å². The molecule has 2 atom stereocenters. The SMILES string of the molecule is C=CC[C@@H]1CCCC[C@@H]1CO. The van der Waals surface area contributed by atoms with Gasteiger partial charge in [0.1, 0.15) is 0 Å². The van der Waals surface area contributed by atoms with Crippen molar-refractivity contribution in [2.75, 3.05) is 6.61 Å². The Kier molecular flexibility index (Phi) is 3.64. The van der Waals surface area contributed by atoms with E-state index >= 15 is 0 Å². The van der Waals surface area contributed by atoms with Crippen LogP contribution in [-0.4, -0.2) is 11.7 Å². The lowest BCUT2D eigenvalue weighted by molar-refractivity contribution is 0.136. The molecule has 0 aromatic rings. The molecule has 1 nitrogen and oxygen atoms in total. The zero-order chi connectivity index (χ0) is 8.10. The Balaban J connectivity index is 2.37. The lowest BCUT2D eigenvalue weighted by Crippen LogP contribution is -2.21. The lowest BCUT2D eigenvalue weighted by Gasteiger charge is -2.29. The summed E-state index contributed by atoms with van der Waals surface area (Å²) in [6.07, 6.45) is 8.23. The van der Waals surface area contributed by atoms with E-state index in [-0.39, 0.29) is 0 Å². The summed E-state index contributed by atoms with van der Waals surface area (Å²) in [7, 11) is 0. The topological polar surface area (TPSA) is 20.2 Å². The standard InChI is InChI=1S/C10H18O/c1-2-5-9-6-3-4-7-10(9)8-11/h2,9-11H,1,3-8H2/t9-,10-/m1/s1. The molecule has 0 radical (unpaired) electrons. The largest absolute Gasteiger partial charge is 0.396 e. The Bertz CT molecular complexity index is 120. The van der Waals surface area contributed by atoms with Gasteiger partial charge in [0, 0.05) is 6.61 Å². The van der Waals surface area contributed by atoms with Gasteiger partial charge in [0.05, 0.1) is 0 Å². The third kappa shape index (κ3) is 2.33. The van der Waals surface area contributed by atoms with Gasteiger partial charge in [-0.3, -0.25) is 0 Å². The average Bonchev–Trinajstić information content (AvgIpc) is 2.06. The smallest absolute Gasteiger partial charge is 0.0462 e. The summed E-state index contributed by atoms with van der Waals surface area (Å²) in [5.74, 6) is 1.27. The van der Waals surface area contributed by atoms with Crippen LogP contribution >= 0.6 is 0 Å². The zero-order valence-corrected chi connectivity index (χ0v) is 7.13. The Morgan fingerprint density at radius 1 is 1.27 bits per heavy atom. The summed E-state index contributed by atoms with van der Waals surface area (Å²) in [6, 6.07) is 0. The molecule has 0 aliphatic heterocycles. The molecule has 64 valence electrons. The lowest BCUT2D eigenvalue weighted by atomic mass is 9.78. The molecular weight excluding hydrogens is 136 g/mol. The van der Waals surface area contributed by atoms with Gasteiger partial charge in [0.15, 0.2) is 0 Å². The van der Waals surface area contributed by atoms with E-state index in [1.165, 1.54) is 25.7 Å². The average molecular weight is 154 g/mol. The van der Waals surface area contributed by atoms with Crippen LogP contribution in [0.25, 0.3) is 0 Å². The fourth-order valence-electron chi connectivity index (χ4n) is 2.05. The second-order valence-corrected chi connectivity index (χ2v) is 3.51. The quantitative estimate of drug-likeness (QED) is 0.619. The summed E-state index contributed by atoms with van der Waals surface area (Å²) in [4.78, 5) is 0. The minimum atomic E-state index is 0.374. The highest BCUT2D eigenvalue weighted by molar-refractivity contribution is 4.81. The molecule has 0 bridgehead atoms. The van der Waals surface area contributed by atoms with E-state index in [4.69, 9.17) is 5.11 Å². The van der Waals surface area contributed by atoms with Crippen molar-refractivity contribution in [1.29, 1.82) is 0 Å². The first kappa shape index (κ1) is 8.79. The van der Waals surface area contributed by atoms with Crippen molar-refractivity contribution in [3.8, 4) is 0 Å². The van der Waals surface area contributed by atoms with Gasteiger partial charge < -0.3 is 5.11 Å². The maximum absolute atomic E-state index is 9.05. The highest BCUT2D eigenvalue weighted by Gasteiger charge is 2.22. The predicted octanol–water partition coefficient (Wildman–Crippen LogP) is 2.36. The van der Waals surface area contributed by atoms with Crippen molar-refractivity contribution >= 4 is 0 Å². The highest BCUT2D eigenvalue weighted by Crippen LogP contribution is 2.31. The zero-order valence-electron chi connectivity index (χ0n) is 7.13. The van der Waals surface area contributed by atoms with Crippen molar-refractivity contribution in [3.63, 3.8) is 0 Å². The Morgan fingerprint density at radius 3 is 2.45 bits per heavy atom. The first-order chi connectivity index (χ1) is 5.38. The van der Waals surface area contributed by atoms with Crippen LogP contribution in [0.5, 0.6) is 0 Å². The molecule has 1 aliphatic carbocycles. The number of hydrogen-bond donors (Lipinski definition) is 1. The van der Waals surface area contributed by atoms with E-state index in [0.717, 1.165) is 6.42 Å². The van der Waals surface area contributed by atoms with Gasteiger partial charge in [-0.15, -0.1) is 6.58 Å². The second-order valence-electron chi connectivity index (χ2n) is 3.51. The maximum atomic E-state index is 9.05. The summed E-state index contributed by atoms with van der Waals surface area (Å²) < 4.78 is 0. The molecule has 1 saturated carbocycles. The van der Waals surface area contributed by atoms with Crippen LogP contribution in [0.2, 0.25) is 0 Å². The third-order valence-corrected chi connectivity index (χ3v) is 2.77. The molecule has 0 aromatic carbocycles. The molecule has 1 aliphatic rings. The first-order valence-electron chi connectivity index (χ1n) is 4.60. The third-order valence-electron chi connectivity index (χ3n) is 2.77. The summed E-state index contributed by atoms with van der Waals surface area (Å²) in [5.41, 5.74) is 0. The van der Waals surface area contributed by atoms with Gasteiger partial charge in [0.2, 0.25) is 0 Å². The predicted molar refractivity (Wildman–Crippen MR) is 47.3 cm³/mol. The minimum Gasteiger partial charge on any atom is -0.396 e. The number of rotatable bonds is 3. The molecule has 1 heteroatoms. The van der Waals surface area contributed by atoms with E-state index in [1.807, 2.05) is 6.08 Å². The van der Waals surface area contributed by atoms with Gasteiger partial charge >= 0.3 is 0 Å². The van der Waals surface area contributed by atoms with Crippen LogP contribution in [0.4, 0.5) is 0 Å². The minimum absolute atomic E-state index is 0.374. The van der Waals surface area contributed by atoms with Crippen LogP contribution in [0.3, 0.4) is 0 Å². The van der Waals surface area contributed by atoms with Crippen LogP contribution in [0.1, 0.15) is 32.1 Å². The molecule has 1 rings (SSSR count). The van der Waals surface area contributed by atoms with Gasteiger partial charge in [-0.25, -0.2) is 0 Å². The van der Waals surface area contributed by atoms with E-state index in [9.17, 15) is 0 Å². The van der Waals surface area contributed by atoms with Crippen LogP contribution in [0.15, 0.2) is 12.7 Å². The molecular formula is C10H18O. The molecule has 0 unspecified atom stereocenters. The van der Waals surface area contributed by atoms with E-state index in [0.29, 0.717) is 18.4 Å². The number of allylic oxidation sites excluding steroid dienone is 1. The molecule has 0 heterocycles. The molecule has 1 fully saturated rings. The molecule has 0 saturated heterocycles. The van der Waals surface area contributed by atoms with E-state index in [2.05, 4.69) is 6.58 Å². The fraction of sp³-hybridized carbons (Fsp3) is 0.800. The number of aliphatic hydroxyl groups excluding tert-OH is 1. The second kappa shape index (κ2) is 4.55. The summed E-state index contributed by atoms with van der Waals surface area (Å²) in [5, 5.41) is 9.05. The first-order valence-corrected chi connectivity index (χ1v) is 4.60. The Labute approximate surface area is 69.1 Å². The van der Waals surface area contributed by atoms with Crippen LogP contribution in [-0.2, 0) is 0 Å². The molecule has 0 spiro atoms. The van der Waals surface area contributed by atoms with E-state index in [1.54, 1.807) is 0 Å². The van der Waals surface area contributed by atoms with Crippen molar-refractivity contribution in [3.05, 3.63) is 12.7 Å². The van der Waals surface area contributed by atoms with Gasteiger partial charge in [-0.2, -0.15) is 0 Å². The number of aliphatic hydroxyl groups is 1. The van der Waals surface area contributed by atoms with Crippen LogP contribution < -0.4 is 0 Å². The van der Waals surface area contributed by atoms with E-state index < -0.39 is 0 Å². The normalized spacial score (nSPS) is 31.7. The van der Waals surface area contributed by atoms with Gasteiger partial charge in [-0.1, -0.05) is 18.9 Å². The maximum Gasteiger partial charge on any atom is 0.0462 e. The highest BCUT2D eigenvalue weighted by atomic mass is 16.3. The van der Waals surface area contributed by atoms with Crippen molar-refractivity contribution in [2.45, 2.75) is 32.1 Å². The monoisotopic (exact) mass is 154 g/mol. The molecule has 1 N–H and O–H groups in total. The Hall–Kier alpha value is -0.300. The summed E-state index contributed by atoms with van der Waals surface area (Å²) >= 11 is 0. The molecule has 11 heavy (non-hydrogen) atoms. The number of hydrogen-bond acceptors (Lipinski definition) is 1. The van der Waals surface area contributed by atoms with Crippen molar-refractivity contribution < 1.29 is 5.11 Å². The fourth-order valence-corrected chi connectivity index (χ4v) is 2.05. The van der Waals surface area contributed by atoms with Crippen molar-refractivity contribution in [2.24, 2.45) is 11.8 Å².